The minimum Gasteiger partial charge on any atom is -0.484 e. The first-order chi connectivity index (χ1) is 11.1. The van der Waals surface area contributed by atoms with Gasteiger partial charge >= 0.3 is 0 Å². The Hall–Kier alpha value is -1.82. The van der Waals surface area contributed by atoms with Gasteiger partial charge in [-0.1, -0.05) is 30.3 Å². The second-order valence-electron chi connectivity index (χ2n) is 5.84. The molecule has 23 heavy (non-hydrogen) atoms. The monoisotopic (exact) mass is 332 g/mol. The lowest BCUT2D eigenvalue weighted by atomic mass is 9.99. The molecule has 1 atom stereocenters. The van der Waals surface area contributed by atoms with Crippen molar-refractivity contribution in [1.82, 2.24) is 10.2 Å². The SMILES string of the molecule is Cc1ccc(C)c(OCc2nnc(SC3CCCCC3=O)o2)c1. The number of benzene rings is 1. The number of aryl methyl sites for hydroxylation is 2. The number of hydrogen-bond acceptors (Lipinski definition) is 6. The van der Waals surface area contributed by atoms with Crippen molar-refractivity contribution in [2.24, 2.45) is 0 Å². The molecule has 0 aliphatic heterocycles. The fourth-order valence-corrected chi connectivity index (χ4v) is 3.55. The number of nitrogens with zero attached hydrogens (tertiary/aromatic N) is 2. The van der Waals surface area contributed by atoms with Gasteiger partial charge in [0.1, 0.15) is 11.5 Å². The molecule has 1 fully saturated rings. The van der Waals surface area contributed by atoms with E-state index in [4.69, 9.17) is 9.15 Å². The van der Waals surface area contributed by atoms with E-state index in [2.05, 4.69) is 10.2 Å². The molecule has 3 rings (SSSR count). The number of hydrogen-bond donors (Lipinski definition) is 0. The van der Waals surface area contributed by atoms with Crippen LogP contribution in [0.15, 0.2) is 27.8 Å². The Morgan fingerprint density at radius 3 is 3.00 bits per heavy atom. The van der Waals surface area contributed by atoms with E-state index < -0.39 is 0 Å². The fraction of sp³-hybridized carbons (Fsp3) is 0.471. The maximum Gasteiger partial charge on any atom is 0.277 e. The van der Waals surface area contributed by atoms with Gasteiger partial charge in [0.05, 0.1) is 5.25 Å². The summed E-state index contributed by atoms with van der Waals surface area (Å²) in [5.74, 6) is 1.53. The number of carbonyl (C=O) groups is 1. The van der Waals surface area contributed by atoms with Crippen molar-refractivity contribution in [2.75, 3.05) is 0 Å². The summed E-state index contributed by atoms with van der Waals surface area (Å²) in [6, 6.07) is 6.06. The normalized spacial score (nSPS) is 18.2. The van der Waals surface area contributed by atoms with Crippen molar-refractivity contribution in [1.29, 1.82) is 0 Å². The molecule has 1 unspecified atom stereocenters. The average molecular weight is 332 g/mol. The Labute approximate surface area is 139 Å². The van der Waals surface area contributed by atoms with Crippen LogP contribution in [-0.2, 0) is 11.4 Å². The smallest absolute Gasteiger partial charge is 0.277 e. The molecular formula is C17H20N2O3S. The van der Waals surface area contributed by atoms with Crippen LogP contribution in [0.5, 0.6) is 5.75 Å². The Morgan fingerprint density at radius 2 is 2.17 bits per heavy atom. The van der Waals surface area contributed by atoms with Crippen LogP contribution in [0.25, 0.3) is 0 Å². The number of Topliss-reactive ketones (excluding diaryl/α,β-unsaturated/α-hetero) is 1. The molecule has 0 saturated heterocycles. The van der Waals surface area contributed by atoms with Crippen LogP contribution >= 0.6 is 11.8 Å². The highest BCUT2D eigenvalue weighted by molar-refractivity contribution is 8.00. The summed E-state index contributed by atoms with van der Waals surface area (Å²) in [6.45, 7) is 4.25. The first-order valence-corrected chi connectivity index (χ1v) is 8.71. The van der Waals surface area contributed by atoms with Gasteiger partial charge in [-0.15, -0.1) is 10.2 Å². The van der Waals surface area contributed by atoms with Crippen molar-refractivity contribution in [3.8, 4) is 5.75 Å². The molecular weight excluding hydrogens is 312 g/mol. The highest BCUT2D eigenvalue weighted by Crippen LogP contribution is 2.31. The Bertz CT molecular complexity index is 699. The van der Waals surface area contributed by atoms with Crippen LogP contribution in [0.2, 0.25) is 0 Å². The van der Waals surface area contributed by atoms with Gasteiger partial charge in [0.15, 0.2) is 6.61 Å². The average Bonchev–Trinajstić information content (AvgIpc) is 2.98. The predicted molar refractivity (Wildman–Crippen MR) is 87.7 cm³/mol. The minimum atomic E-state index is -0.0445. The Balaban J connectivity index is 1.59. The summed E-state index contributed by atoms with van der Waals surface area (Å²) in [6.07, 6.45) is 3.63. The molecule has 6 heteroatoms. The number of thioether (sulfide) groups is 1. The van der Waals surface area contributed by atoms with Gasteiger partial charge in [0.25, 0.3) is 11.1 Å². The molecule has 5 nitrogen and oxygen atoms in total. The number of ether oxygens (including phenoxy) is 1. The molecule has 0 spiro atoms. The van der Waals surface area contributed by atoms with E-state index in [1.165, 1.54) is 11.8 Å². The van der Waals surface area contributed by atoms with Crippen molar-refractivity contribution < 1.29 is 13.9 Å². The van der Waals surface area contributed by atoms with E-state index in [9.17, 15) is 4.79 Å². The van der Waals surface area contributed by atoms with Crippen molar-refractivity contribution in [3.05, 3.63) is 35.2 Å². The van der Waals surface area contributed by atoms with Crippen molar-refractivity contribution >= 4 is 17.5 Å². The Kier molecular flexibility index (Phi) is 5.00. The molecule has 0 radical (unpaired) electrons. The third-order valence-electron chi connectivity index (χ3n) is 3.88. The van der Waals surface area contributed by atoms with E-state index in [0.29, 0.717) is 17.5 Å². The van der Waals surface area contributed by atoms with Crippen molar-refractivity contribution in [2.45, 2.75) is 56.6 Å². The standard InChI is InChI=1S/C17H20N2O3S/c1-11-7-8-12(2)14(9-11)21-10-16-18-19-17(22-16)23-15-6-4-3-5-13(15)20/h7-9,15H,3-6,10H2,1-2H3. The van der Waals surface area contributed by atoms with E-state index in [-0.39, 0.29) is 17.6 Å². The molecule has 1 aromatic heterocycles. The third-order valence-corrected chi connectivity index (χ3v) is 5.03. The maximum absolute atomic E-state index is 11.9. The number of rotatable bonds is 5. The summed E-state index contributed by atoms with van der Waals surface area (Å²) >= 11 is 1.38. The zero-order valence-electron chi connectivity index (χ0n) is 13.4. The molecule has 0 amide bonds. The largest absolute Gasteiger partial charge is 0.484 e. The molecule has 0 N–H and O–H groups in total. The summed E-state index contributed by atoms with van der Waals surface area (Å²) in [7, 11) is 0. The second kappa shape index (κ2) is 7.17. The summed E-state index contributed by atoms with van der Waals surface area (Å²) in [5, 5.41) is 8.42. The second-order valence-corrected chi connectivity index (χ2v) is 6.99. The summed E-state index contributed by atoms with van der Waals surface area (Å²) < 4.78 is 11.3. The fourth-order valence-electron chi connectivity index (χ4n) is 2.54. The lowest BCUT2D eigenvalue weighted by molar-refractivity contribution is -0.119. The van der Waals surface area contributed by atoms with Crippen LogP contribution in [0.4, 0.5) is 0 Å². The van der Waals surface area contributed by atoms with E-state index in [1.807, 2.05) is 32.0 Å². The molecule has 122 valence electrons. The van der Waals surface area contributed by atoms with Gasteiger partial charge < -0.3 is 9.15 Å². The van der Waals surface area contributed by atoms with Crippen LogP contribution in [0.1, 0.15) is 42.7 Å². The van der Waals surface area contributed by atoms with Crippen LogP contribution in [0, 0.1) is 13.8 Å². The lowest BCUT2D eigenvalue weighted by Gasteiger charge is -2.17. The minimum absolute atomic E-state index is 0.0445. The Morgan fingerprint density at radius 1 is 1.30 bits per heavy atom. The number of ketones is 1. The summed E-state index contributed by atoms with van der Waals surface area (Å²) in [5.41, 5.74) is 2.21. The van der Waals surface area contributed by atoms with E-state index >= 15 is 0 Å². The summed E-state index contributed by atoms with van der Waals surface area (Å²) in [4.78, 5) is 11.9. The quantitative estimate of drug-likeness (QED) is 0.828. The topological polar surface area (TPSA) is 65.2 Å². The zero-order valence-corrected chi connectivity index (χ0v) is 14.2. The van der Waals surface area contributed by atoms with Gasteiger partial charge in [-0.05, 0) is 43.9 Å². The van der Waals surface area contributed by atoms with Crippen LogP contribution in [-0.4, -0.2) is 21.2 Å². The van der Waals surface area contributed by atoms with Crippen molar-refractivity contribution in [3.63, 3.8) is 0 Å². The number of aromatic nitrogens is 2. The van der Waals surface area contributed by atoms with Gasteiger partial charge in [-0.3, -0.25) is 4.79 Å². The molecule has 1 saturated carbocycles. The van der Waals surface area contributed by atoms with Gasteiger partial charge in [-0.2, -0.15) is 0 Å². The van der Waals surface area contributed by atoms with Crippen LogP contribution < -0.4 is 4.74 Å². The predicted octanol–water partition coefficient (Wildman–Crippen LogP) is 3.87. The highest BCUT2D eigenvalue weighted by Gasteiger charge is 2.25. The van der Waals surface area contributed by atoms with E-state index in [1.54, 1.807) is 0 Å². The lowest BCUT2D eigenvalue weighted by Crippen LogP contribution is -2.21. The maximum atomic E-state index is 11.9. The molecule has 0 bridgehead atoms. The van der Waals surface area contributed by atoms with Gasteiger partial charge in [0, 0.05) is 6.42 Å². The zero-order chi connectivity index (χ0) is 16.2. The van der Waals surface area contributed by atoms with Gasteiger partial charge in [-0.25, -0.2) is 0 Å². The number of carbonyl (C=O) groups excluding carboxylic acids is 1. The third kappa shape index (κ3) is 4.13. The highest BCUT2D eigenvalue weighted by atomic mass is 32.2. The van der Waals surface area contributed by atoms with Gasteiger partial charge in [0.2, 0.25) is 0 Å². The van der Waals surface area contributed by atoms with E-state index in [0.717, 1.165) is 36.1 Å². The first-order valence-electron chi connectivity index (χ1n) is 7.83. The molecule has 1 heterocycles. The molecule has 1 aliphatic rings. The molecule has 1 aromatic carbocycles. The van der Waals surface area contributed by atoms with Crippen LogP contribution in [0.3, 0.4) is 0 Å². The first kappa shape index (κ1) is 16.1. The molecule has 1 aliphatic carbocycles. The molecule has 2 aromatic rings.